The summed E-state index contributed by atoms with van der Waals surface area (Å²) >= 11 is 1.93. The van der Waals surface area contributed by atoms with Gasteiger partial charge in [0.15, 0.2) is 0 Å². The van der Waals surface area contributed by atoms with Gasteiger partial charge in [-0.05, 0) is 31.9 Å². The first kappa shape index (κ1) is 13.8. The van der Waals surface area contributed by atoms with Crippen LogP contribution in [0.3, 0.4) is 0 Å². The van der Waals surface area contributed by atoms with Crippen LogP contribution in [0.1, 0.15) is 37.6 Å². The second kappa shape index (κ2) is 6.55. The van der Waals surface area contributed by atoms with Crippen molar-refractivity contribution in [3.8, 4) is 0 Å². The predicted octanol–water partition coefficient (Wildman–Crippen LogP) is 2.77. The number of aromatic nitrogens is 1. The zero-order valence-electron chi connectivity index (χ0n) is 11.1. The van der Waals surface area contributed by atoms with Gasteiger partial charge in [0.25, 0.3) is 0 Å². The van der Waals surface area contributed by atoms with E-state index in [4.69, 9.17) is 10.5 Å². The Morgan fingerprint density at radius 2 is 2.39 bits per heavy atom. The Morgan fingerprint density at radius 1 is 1.56 bits per heavy atom. The average molecular weight is 266 g/mol. The molecule has 2 N–H and O–H groups in total. The molecule has 0 spiro atoms. The number of rotatable bonds is 5. The molecule has 0 bridgehead atoms. The first-order valence-electron chi connectivity index (χ1n) is 6.66. The van der Waals surface area contributed by atoms with Crippen LogP contribution in [0.15, 0.2) is 24.4 Å². The maximum Gasteiger partial charge on any atom is 0.0666 e. The lowest BCUT2D eigenvalue weighted by Gasteiger charge is -2.26. The molecule has 0 amide bonds. The van der Waals surface area contributed by atoms with Crippen LogP contribution in [0, 0.1) is 0 Å². The minimum atomic E-state index is 0.151. The van der Waals surface area contributed by atoms with Crippen LogP contribution in [-0.2, 0) is 4.74 Å². The third-order valence-corrected chi connectivity index (χ3v) is 5.32. The van der Waals surface area contributed by atoms with Gasteiger partial charge < -0.3 is 10.5 Å². The predicted molar refractivity (Wildman–Crippen MR) is 76.7 cm³/mol. The highest BCUT2D eigenvalue weighted by Gasteiger charge is 2.31. The highest BCUT2D eigenvalue weighted by molar-refractivity contribution is 8.00. The molecule has 0 radical (unpaired) electrons. The molecule has 1 saturated heterocycles. The van der Waals surface area contributed by atoms with Gasteiger partial charge in [-0.3, -0.25) is 4.98 Å². The molecule has 18 heavy (non-hydrogen) atoms. The smallest absolute Gasteiger partial charge is 0.0666 e. The lowest BCUT2D eigenvalue weighted by Crippen LogP contribution is -2.29. The van der Waals surface area contributed by atoms with Crippen molar-refractivity contribution in [3.05, 3.63) is 30.1 Å². The van der Waals surface area contributed by atoms with Gasteiger partial charge in [0, 0.05) is 24.1 Å². The van der Waals surface area contributed by atoms with E-state index in [9.17, 15) is 0 Å². The van der Waals surface area contributed by atoms with Gasteiger partial charge >= 0.3 is 0 Å². The summed E-state index contributed by atoms with van der Waals surface area (Å²) in [7, 11) is 0. The molecule has 1 aliphatic heterocycles. The van der Waals surface area contributed by atoms with Gasteiger partial charge in [-0.1, -0.05) is 13.0 Å². The van der Waals surface area contributed by atoms with Crippen molar-refractivity contribution < 1.29 is 4.74 Å². The molecule has 4 unspecified atom stereocenters. The zero-order valence-corrected chi connectivity index (χ0v) is 11.9. The van der Waals surface area contributed by atoms with E-state index in [1.54, 1.807) is 0 Å². The molecule has 1 aliphatic rings. The number of hydrogen-bond acceptors (Lipinski definition) is 4. The molecule has 100 valence electrons. The van der Waals surface area contributed by atoms with Gasteiger partial charge in [-0.2, -0.15) is 0 Å². The summed E-state index contributed by atoms with van der Waals surface area (Å²) in [4.78, 5) is 4.47. The minimum absolute atomic E-state index is 0.151. The van der Waals surface area contributed by atoms with Crippen molar-refractivity contribution >= 4 is 11.8 Å². The Balaban J connectivity index is 2.10. The van der Waals surface area contributed by atoms with Gasteiger partial charge in [-0.15, -0.1) is 11.8 Å². The first-order valence-corrected chi connectivity index (χ1v) is 7.60. The summed E-state index contributed by atoms with van der Waals surface area (Å²) in [6, 6.07) is 6.21. The molecule has 1 aromatic heterocycles. The topological polar surface area (TPSA) is 48.1 Å². The van der Waals surface area contributed by atoms with Gasteiger partial charge in [-0.25, -0.2) is 0 Å². The first-order chi connectivity index (χ1) is 8.72. The Morgan fingerprint density at radius 3 is 2.94 bits per heavy atom. The SMILES string of the molecule is CCC(N)C(SC1CCOC1C)c1ccccn1. The number of nitrogens with two attached hydrogens (primary N) is 1. The molecule has 1 fully saturated rings. The Bertz CT molecular complexity index is 360. The standard InChI is InChI=1S/C14H22N2OS/c1-3-11(15)14(12-6-4-5-8-16-12)18-13-7-9-17-10(13)2/h4-6,8,10-11,13-14H,3,7,9,15H2,1-2H3. The number of hydrogen-bond donors (Lipinski definition) is 1. The zero-order chi connectivity index (χ0) is 13.0. The van der Waals surface area contributed by atoms with E-state index in [-0.39, 0.29) is 11.3 Å². The maximum atomic E-state index is 6.27. The Labute approximate surface area is 114 Å². The molecule has 4 atom stereocenters. The van der Waals surface area contributed by atoms with Crippen LogP contribution in [0.4, 0.5) is 0 Å². The number of ether oxygens (including phenoxy) is 1. The van der Waals surface area contributed by atoms with Gasteiger partial charge in [0.1, 0.15) is 0 Å². The monoisotopic (exact) mass is 266 g/mol. The van der Waals surface area contributed by atoms with Crippen LogP contribution in [0.2, 0.25) is 0 Å². The second-order valence-corrected chi connectivity index (χ2v) is 6.17. The molecule has 0 aromatic carbocycles. The largest absolute Gasteiger partial charge is 0.377 e. The minimum Gasteiger partial charge on any atom is -0.377 e. The number of thioether (sulfide) groups is 1. The normalized spacial score (nSPS) is 27.1. The van der Waals surface area contributed by atoms with Crippen LogP contribution in [-0.4, -0.2) is 29.0 Å². The summed E-state index contributed by atoms with van der Waals surface area (Å²) in [5.41, 5.74) is 7.36. The summed E-state index contributed by atoms with van der Waals surface area (Å²) in [6.07, 6.45) is 4.26. The van der Waals surface area contributed by atoms with Gasteiger partial charge in [0.2, 0.25) is 0 Å². The molecule has 0 saturated carbocycles. The van der Waals surface area contributed by atoms with E-state index >= 15 is 0 Å². The highest BCUT2D eigenvalue weighted by atomic mass is 32.2. The molecular weight excluding hydrogens is 244 g/mol. The van der Waals surface area contributed by atoms with E-state index in [0.29, 0.717) is 11.4 Å². The maximum absolute atomic E-state index is 6.27. The quantitative estimate of drug-likeness (QED) is 0.890. The third-order valence-electron chi connectivity index (χ3n) is 3.47. The Kier molecular flexibility index (Phi) is 5.03. The van der Waals surface area contributed by atoms with E-state index in [1.165, 1.54) is 0 Å². The summed E-state index contributed by atoms with van der Waals surface area (Å²) < 4.78 is 5.63. The highest BCUT2D eigenvalue weighted by Crippen LogP contribution is 2.39. The van der Waals surface area contributed by atoms with E-state index in [0.717, 1.165) is 25.1 Å². The number of pyridine rings is 1. The fraction of sp³-hybridized carbons (Fsp3) is 0.643. The van der Waals surface area contributed by atoms with Crippen LogP contribution < -0.4 is 5.73 Å². The van der Waals surface area contributed by atoms with Crippen LogP contribution in [0.5, 0.6) is 0 Å². The molecule has 1 aromatic rings. The lowest BCUT2D eigenvalue weighted by atomic mass is 10.1. The van der Waals surface area contributed by atoms with E-state index in [1.807, 2.05) is 30.1 Å². The van der Waals surface area contributed by atoms with Crippen molar-refractivity contribution in [2.24, 2.45) is 5.73 Å². The molecule has 4 heteroatoms. The van der Waals surface area contributed by atoms with Crippen molar-refractivity contribution in [2.45, 2.75) is 49.3 Å². The van der Waals surface area contributed by atoms with E-state index in [2.05, 4.69) is 24.9 Å². The van der Waals surface area contributed by atoms with Gasteiger partial charge in [0.05, 0.1) is 17.0 Å². The fourth-order valence-electron chi connectivity index (χ4n) is 2.23. The van der Waals surface area contributed by atoms with Crippen molar-refractivity contribution in [2.75, 3.05) is 6.61 Å². The summed E-state index contributed by atoms with van der Waals surface area (Å²) in [6.45, 7) is 5.16. The van der Waals surface area contributed by atoms with Crippen molar-refractivity contribution in [1.82, 2.24) is 4.98 Å². The summed E-state index contributed by atoms with van der Waals surface area (Å²) in [5, 5.41) is 0.806. The fourth-order valence-corrected chi connectivity index (χ4v) is 3.81. The second-order valence-electron chi connectivity index (χ2n) is 4.79. The molecule has 2 rings (SSSR count). The van der Waals surface area contributed by atoms with E-state index < -0.39 is 0 Å². The average Bonchev–Trinajstić information content (AvgIpc) is 2.81. The summed E-state index contributed by atoms with van der Waals surface area (Å²) in [5.74, 6) is 0. The van der Waals surface area contributed by atoms with Crippen LogP contribution >= 0.6 is 11.8 Å². The van der Waals surface area contributed by atoms with Crippen molar-refractivity contribution in [1.29, 1.82) is 0 Å². The lowest BCUT2D eigenvalue weighted by molar-refractivity contribution is 0.127. The third kappa shape index (κ3) is 3.25. The Hall–Kier alpha value is -0.580. The van der Waals surface area contributed by atoms with Crippen LogP contribution in [0.25, 0.3) is 0 Å². The number of nitrogens with zero attached hydrogens (tertiary/aromatic N) is 1. The van der Waals surface area contributed by atoms with Crippen molar-refractivity contribution in [3.63, 3.8) is 0 Å². The molecular formula is C14H22N2OS. The molecule has 0 aliphatic carbocycles. The molecule has 2 heterocycles. The molecule has 3 nitrogen and oxygen atoms in total.